The van der Waals surface area contributed by atoms with Gasteiger partial charge in [-0.25, -0.2) is 4.98 Å². The molecule has 1 unspecified atom stereocenters. The molecule has 0 saturated carbocycles. The second-order valence-electron chi connectivity index (χ2n) is 4.59. The lowest BCUT2D eigenvalue weighted by molar-refractivity contribution is 0.0759. The number of aryl methyl sites for hydroxylation is 1. The molecule has 0 aliphatic rings. The van der Waals surface area contributed by atoms with Gasteiger partial charge in [-0.3, -0.25) is 0 Å². The summed E-state index contributed by atoms with van der Waals surface area (Å²) in [4.78, 5) is 4.48. The molecular formula is C13H24N2OS. The molecular weight excluding hydrogens is 232 g/mol. The summed E-state index contributed by atoms with van der Waals surface area (Å²) in [7, 11) is 0. The Balaban J connectivity index is 2.06. The number of nitrogens with zero attached hydrogens (tertiary/aromatic N) is 1. The molecule has 1 rings (SSSR count). The topological polar surface area (TPSA) is 34.2 Å². The van der Waals surface area contributed by atoms with Crippen molar-refractivity contribution >= 4 is 11.3 Å². The Morgan fingerprint density at radius 1 is 1.35 bits per heavy atom. The van der Waals surface area contributed by atoms with Gasteiger partial charge in [0.2, 0.25) is 0 Å². The van der Waals surface area contributed by atoms with Crippen LogP contribution in [-0.2, 0) is 4.74 Å². The van der Waals surface area contributed by atoms with Crippen LogP contribution in [0.3, 0.4) is 0 Å². The van der Waals surface area contributed by atoms with Crippen molar-refractivity contribution in [1.29, 1.82) is 0 Å². The van der Waals surface area contributed by atoms with Crippen LogP contribution in [-0.4, -0.2) is 24.2 Å². The summed E-state index contributed by atoms with van der Waals surface area (Å²) < 4.78 is 5.50. The summed E-state index contributed by atoms with van der Waals surface area (Å²) in [6.45, 7) is 10.3. The zero-order valence-corrected chi connectivity index (χ0v) is 12.1. The van der Waals surface area contributed by atoms with Gasteiger partial charge in [-0.2, -0.15) is 0 Å². The minimum atomic E-state index is 0.347. The minimum absolute atomic E-state index is 0.347. The van der Waals surface area contributed by atoms with Gasteiger partial charge in [-0.15, -0.1) is 11.3 Å². The van der Waals surface area contributed by atoms with Crippen molar-refractivity contribution in [2.75, 3.05) is 13.2 Å². The van der Waals surface area contributed by atoms with Gasteiger partial charge in [0.25, 0.3) is 0 Å². The lowest BCUT2D eigenvalue weighted by atomic mass is 10.2. The van der Waals surface area contributed by atoms with Crippen LogP contribution in [0.2, 0.25) is 0 Å². The average molecular weight is 256 g/mol. The fourth-order valence-corrected chi connectivity index (χ4v) is 2.25. The van der Waals surface area contributed by atoms with Gasteiger partial charge in [0.05, 0.1) is 16.8 Å². The standard InChI is InChI=1S/C13H24N2OS/c1-10(2)16-8-6-5-7-14-11(3)13-9-17-12(4)15-13/h9-11,14H,5-8H2,1-4H3. The minimum Gasteiger partial charge on any atom is -0.379 e. The normalized spacial score (nSPS) is 13.2. The molecule has 3 nitrogen and oxygen atoms in total. The Bertz CT molecular complexity index is 312. The highest BCUT2D eigenvalue weighted by Gasteiger charge is 2.07. The van der Waals surface area contributed by atoms with E-state index in [4.69, 9.17) is 4.74 Å². The average Bonchev–Trinajstić information content (AvgIpc) is 2.69. The first-order chi connectivity index (χ1) is 8.09. The van der Waals surface area contributed by atoms with E-state index in [1.165, 1.54) is 0 Å². The van der Waals surface area contributed by atoms with E-state index in [9.17, 15) is 0 Å². The van der Waals surface area contributed by atoms with Gasteiger partial charge in [-0.1, -0.05) is 0 Å². The Kier molecular flexibility index (Phi) is 6.70. The maximum Gasteiger partial charge on any atom is 0.0898 e. The van der Waals surface area contributed by atoms with Gasteiger partial charge in [-0.05, 0) is 47.1 Å². The molecule has 1 aromatic rings. The molecule has 0 aliphatic carbocycles. The largest absolute Gasteiger partial charge is 0.379 e. The molecule has 0 amide bonds. The lowest BCUT2D eigenvalue weighted by Crippen LogP contribution is -2.20. The van der Waals surface area contributed by atoms with Gasteiger partial charge in [0.1, 0.15) is 0 Å². The Morgan fingerprint density at radius 3 is 2.71 bits per heavy atom. The summed E-state index contributed by atoms with van der Waals surface area (Å²) in [5, 5.41) is 6.76. The third kappa shape index (κ3) is 6.15. The van der Waals surface area contributed by atoms with E-state index in [0.717, 1.165) is 36.7 Å². The molecule has 0 radical (unpaired) electrons. The van der Waals surface area contributed by atoms with E-state index in [2.05, 4.69) is 36.5 Å². The van der Waals surface area contributed by atoms with Crippen LogP contribution in [0.15, 0.2) is 5.38 Å². The molecule has 1 N–H and O–H groups in total. The van der Waals surface area contributed by atoms with Crippen molar-refractivity contribution in [2.24, 2.45) is 0 Å². The number of ether oxygens (including phenoxy) is 1. The van der Waals surface area contributed by atoms with Gasteiger partial charge < -0.3 is 10.1 Å². The number of thiazole rings is 1. The Hall–Kier alpha value is -0.450. The van der Waals surface area contributed by atoms with Crippen molar-refractivity contribution in [1.82, 2.24) is 10.3 Å². The summed E-state index contributed by atoms with van der Waals surface area (Å²) >= 11 is 1.71. The van der Waals surface area contributed by atoms with Crippen molar-refractivity contribution in [3.8, 4) is 0 Å². The summed E-state index contributed by atoms with van der Waals surface area (Å²) in [5.74, 6) is 0. The van der Waals surface area contributed by atoms with E-state index in [1.807, 2.05) is 6.92 Å². The number of aromatic nitrogens is 1. The second kappa shape index (κ2) is 7.80. The maximum absolute atomic E-state index is 5.50. The van der Waals surface area contributed by atoms with Crippen LogP contribution >= 0.6 is 11.3 Å². The van der Waals surface area contributed by atoms with Crippen molar-refractivity contribution in [3.63, 3.8) is 0 Å². The predicted molar refractivity (Wildman–Crippen MR) is 73.6 cm³/mol. The van der Waals surface area contributed by atoms with Crippen molar-refractivity contribution in [2.45, 2.75) is 52.7 Å². The Morgan fingerprint density at radius 2 is 2.12 bits per heavy atom. The highest BCUT2D eigenvalue weighted by Crippen LogP contribution is 2.15. The lowest BCUT2D eigenvalue weighted by Gasteiger charge is -2.11. The number of rotatable bonds is 8. The molecule has 17 heavy (non-hydrogen) atoms. The van der Waals surface area contributed by atoms with Crippen LogP contribution in [0.4, 0.5) is 0 Å². The van der Waals surface area contributed by atoms with Crippen LogP contribution < -0.4 is 5.32 Å². The number of nitrogens with one attached hydrogen (secondary N) is 1. The highest BCUT2D eigenvalue weighted by atomic mass is 32.1. The number of hydrogen-bond acceptors (Lipinski definition) is 4. The van der Waals surface area contributed by atoms with E-state index in [-0.39, 0.29) is 0 Å². The highest BCUT2D eigenvalue weighted by molar-refractivity contribution is 7.09. The molecule has 1 heterocycles. The van der Waals surface area contributed by atoms with Gasteiger partial charge in [0, 0.05) is 18.0 Å². The van der Waals surface area contributed by atoms with E-state index in [1.54, 1.807) is 11.3 Å². The zero-order valence-electron chi connectivity index (χ0n) is 11.3. The molecule has 1 atom stereocenters. The molecule has 0 fully saturated rings. The van der Waals surface area contributed by atoms with Crippen LogP contribution in [0.1, 0.15) is 50.4 Å². The number of unbranched alkanes of at least 4 members (excludes halogenated alkanes) is 1. The van der Waals surface area contributed by atoms with E-state index >= 15 is 0 Å². The predicted octanol–water partition coefficient (Wildman–Crippen LogP) is 3.31. The quantitative estimate of drug-likeness (QED) is 0.725. The Labute approximate surface area is 109 Å². The summed E-state index contributed by atoms with van der Waals surface area (Å²) in [5.41, 5.74) is 1.16. The van der Waals surface area contributed by atoms with E-state index < -0.39 is 0 Å². The first-order valence-electron chi connectivity index (χ1n) is 6.36. The van der Waals surface area contributed by atoms with E-state index in [0.29, 0.717) is 12.1 Å². The number of hydrogen-bond donors (Lipinski definition) is 1. The smallest absolute Gasteiger partial charge is 0.0898 e. The molecule has 0 aromatic carbocycles. The zero-order chi connectivity index (χ0) is 12.7. The van der Waals surface area contributed by atoms with Crippen LogP contribution in [0.5, 0.6) is 0 Å². The molecule has 1 aromatic heterocycles. The third-order valence-electron chi connectivity index (χ3n) is 2.55. The molecule has 0 aliphatic heterocycles. The summed E-state index contributed by atoms with van der Waals surface area (Å²) in [6.07, 6.45) is 2.62. The molecule has 0 saturated heterocycles. The van der Waals surface area contributed by atoms with Crippen LogP contribution in [0.25, 0.3) is 0 Å². The van der Waals surface area contributed by atoms with Crippen molar-refractivity contribution in [3.05, 3.63) is 16.1 Å². The van der Waals surface area contributed by atoms with Gasteiger partial charge >= 0.3 is 0 Å². The molecule has 98 valence electrons. The van der Waals surface area contributed by atoms with Crippen LogP contribution in [0, 0.1) is 6.92 Å². The first-order valence-corrected chi connectivity index (χ1v) is 7.24. The molecule has 4 heteroatoms. The summed E-state index contributed by atoms with van der Waals surface area (Å²) in [6, 6.07) is 0.353. The fraction of sp³-hybridized carbons (Fsp3) is 0.769. The monoisotopic (exact) mass is 256 g/mol. The SMILES string of the molecule is Cc1nc(C(C)NCCCCOC(C)C)cs1. The molecule has 0 spiro atoms. The third-order valence-corrected chi connectivity index (χ3v) is 3.34. The van der Waals surface area contributed by atoms with Gasteiger partial charge in [0.15, 0.2) is 0 Å². The molecule has 0 bridgehead atoms. The maximum atomic E-state index is 5.50. The van der Waals surface area contributed by atoms with Crippen molar-refractivity contribution < 1.29 is 4.74 Å². The first kappa shape index (κ1) is 14.6. The fourth-order valence-electron chi connectivity index (χ4n) is 1.55. The second-order valence-corrected chi connectivity index (χ2v) is 5.66.